The van der Waals surface area contributed by atoms with Crippen LogP contribution < -0.4 is 0 Å². The molecule has 0 radical (unpaired) electrons. The molecule has 3 heteroatoms. The molecule has 3 nitrogen and oxygen atoms in total. The largest absolute Gasteiger partial charge is 0.481 e. The number of carboxylic acids is 1. The molecular formula is C6H10O3. The molecule has 0 aromatic carbocycles. The van der Waals surface area contributed by atoms with Crippen LogP contribution in [-0.2, 0) is 4.79 Å². The Balaban J connectivity index is 2.39. The molecule has 1 fully saturated rings. The summed E-state index contributed by atoms with van der Waals surface area (Å²) < 4.78 is 0. The van der Waals surface area contributed by atoms with Crippen LogP contribution in [0.2, 0.25) is 0 Å². The van der Waals surface area contributed by atoms with E-state index in [2.05, 4.69) is 0 Å². The zero-order chi connectivity index (χ0) is 6.85. The topological polar surface area (TPSA) is 57.5 Å². The minimum absolute atomic E-state index is 0.292. The number of carboxylic acid groups (broad SMARTS) is 1. The first-order valence-electron chi connectivity index (χ1n) is 3.11. The smallest absolute Gasteiger partial charge is 0.306 e. The minimum Gasteiger partial charge on any atom is -0.481 e. The molecule has 1 aliphatic rings. The van der Waals surface area contributed by atoms with Crippen LogP contribution >= 0.6 is 0 Å². The molecule has 0 saturated heterocycles. The van der Waals surface area contributed by atoms with Crippen molar-refractivity contribution in [2.75, 3.05) is 0 Å². The van der Waals surface area contributed by atoms with Crippen LogP contribution in [0, 0.1) is 5.92 Å². The average molecular weight is 130 g/mol. The second-order valence-electron chi connectivity index (χ2n) is 2.50. The minimum atomic E-state index is -0.772. The van der Waals surface area contributed by atoms with Gasteiger partial charge in [0.2, 0.25) is 0 Å². The predicted octanol–water partition coefficient (Wildman–Crippen LogP) is 0.232. The van der Waals surface area contributed by atoms with Crippen LogP contribution in [0.15, 0.2) is 0 Å². The third-order valence-corrected chi connectivity index (χ3v) is 1.75. The first-order valence-corrected chi connectivity index (χ1v) is 3.11. The van der Waals surface area contributed by atoms with E-state index in [1.165, 1.54) is 0 Å². The summed E-state index contributed by atoms with van der Waals surface area (Å²) in [6, 6.07) is 0. The van der Waals surface area contributed by atoms with Gasteiger partial charge >= 0.3 is 5.97 Å². The lowest BCUT2D eigenvalue weighted by molar-refractivity contribution is -0.141. The molecule has 1 aliphatic carbocycles. The van der Waals surface area contributed by atoms with E-state index in [0.717, 1.165) is 0 Å². The lowest BCUT2D eigenvalue weighted by Gasteiger charge is -1.99. The summed E-state index contributed by atoms with van der Waals surface area (Å²) in [5.41, 5.74) is 0. The van der Waals surface area contributed by atoms with E-state index in [4.69, 9.17) is 10.2 Å². The normalized spacial score (nSPS) is 34.8. The molecule has 0 aromatic rings. The van der Waals surface area contributed by atoms with Crippen molar-refractivity contribution in [3.05, 3.63) is 0 Å². The van der Waals surface area contributed by atoms with Crippen molar-refractivity contribution in [3.63, 3.8) is 0 Å². The number of rotatable bonds is 1. The van der Waals surface area contributed by atoms with Crippen molar-refractivity contribution in [1.29, 1.82) is 0 Å². The van der Waals surface area contributed by atoms with Gasteiger partial charge in [-0.15, -0.1) is 0 Å². The summed E-state index contributed by atoms with van der Waals surface area (Å²) in [7, 11) is 0. The maximum atomic E-state index is 10.2. The zero-order valence-corrected chi connectivity index (χ0v) is 5.08. The van der Waals surface area contributed by atoms with Gasteiger partial charge in [0.25, 0.3) is 0 Å². The van der Waals surface area contributed by atoms with Crippen LogP contribution in [-0.4, -0.2) is 22.3 Å². The Morgan fingerprint density at radius 2 is 2.11 bits per heavy atom. The summed E-state index contributed by atoms with van der Waals surface area (Å²) in [4.78, 5) is 10.2. The first-order chi connectivity index (χ1) is 4.20. The Bertz CT molecular complexity index is 121. The van der Waals surface area contributed by atoms with Gasteiger partial charge in [-0.05, 0) is 19.3 Å². The van der Waals surface area contributed by atoms with Gasteiger partial charge in [-0.1, -0.05) is 0 Å². The predicted molar refractivity (Wildman–Crippen MR) is 31.0 cm³/mol. The summed E-state index contributed by atoms with van der Waals surface area (Å²) in [5.74, 6) is -1.06. The van der Waals surface area contributed by atoms with Crippen LogP contribution in [0.1, 0.15) is 19.3 Å². The molecule has 9 heavy (non-hydrogen) atoms. The van der Waals surface area contributed by atoms with Gasteiger partial charge in [0.15, 0.2) is 0 Å². The SMILES string of the molecule is O=C(O)[C@H]1CCC(O)C1. The lowest BCUT2D eigenvalue weighted by atomic mass is 10.1. The van der Waals surface area contributed by atoms with Gasteiger partial charge in [0, 0.05) is 0 Å². The lowest BCUT2D eigenvalue weighted by Crippen LogP contribution is -2.10. The van der Waals surface area contributed by atoms with Gasteiger partial charge in [0.1, 0.15) is 0 Å². The van der Waals surface area contributed by atoms with Gasteiger partial charge in [0.05, 0.1) is 12.0 Å². The number of aliphatic hydroxyl groups excluding tert-OH is 1. The van der Waals surface area contributed by atoms with Crippen molar-refractivity contribution < 1.29 is 15.0 Å². The monoisotopic (exact) mass is 130 g/mol. The average Bonchev–Trinajstić information content (AvgIpc) is 2.14. The quantitative estimate of drug-likeness (QED) is 0.534. The second kappa shape index (κ2) is 2.35. The molecule has 0 heterocycles. The second-order valence-corrected chi connectivity index (χ2v) is 2.50. The highest BCUT2D eigenvalue weighted by Gasteiger charge is 2.27. The van der Waals surface area contributed by atoms with Crippen molar-refractivity contribution in [2.45, 2.75) is 25.4 Å². The zero-order valence-electron chi connectivity index (χ0n) is 5.08. The van der Waals surface area contributed by atoms with E-state index >= 15 is 0 Å². The Morgan fingerprint density at radius 3 is 2.33 bits per heavy atom. The highest BCUT2D eigenvalue weighted by molar-refractivity contribution is 5.70. The number of aliphatic hydroxyl groups is 1. The number of hydrogen-bond acceptors (Lipinski definition) is 2. The number of aliphatic carboxylic acids is 1. The Kier molecular flexibility index (Phi) is 1.71. The van der Waals surface area contributed by atoms with Gasteiger partial charge in [-0.25, -0.2) is 0 Å². The molecule has 0 spiro atoms. The third-order valence-electron chi connectivity index (χ3n) is 1.75. The van der Waals surface area contributed by atoms with E-state index in [1.807, 2.05) is 0 Å². The molecular weight excluding hydrogens is 120 g/mol. The molecule has 1 rings (SSSR count). The van der Waals surface area contributed by atoms with E-state index in [-0.39, 0.29) is 12.0 Å². The molecule has 1 unspecified atom stereocenters. The maximum absolute atomic E-state index is 10.2. The summed E-state index contributed by atoms with van der Waals surface area (Å²) in [5, 5.41) is 17.3. The molecule has 1 saturated carbocycles. The van der Waals surface area contributed by atoms with Crippen molar-refractivity contribution in [2.24, 2.45) is 5.92 Å². The highest BCUT2D eigenvalue weighted by Crippen LogP contribution is 2.24. The van der Waals surface area contributed by atoms with E-state index < -0.39 is 5.97 Å². The van der Waals surface area contributed by atoms with Crippen molar-refractivity contribution in [3.8, 4) is 0 Å². The van der Waals surface area contributed by atoms with Crippen LogP contribution in [0.5, 0.6) is 0 Å². The molecule has 0 aromatic heterocycles. The van der Waals surface area contributed by atoms with Gasteiger partial charge in [-0.2, -0.15) is 0 Å². The number of carbonyl (C=O) groups is 1. The summed E-state index contributed by atoms with van der Waals surface area (Å²) >= 11 is 0. The van der Waals surface area contributed by atoms with Crippen LogP contribution in [0.3, 0.4) is 0 Å². The Labute approximate surface area is 53.3 Å². The molecule has 0 bridgehead atoms. The highest BCUT2D eigenvalue weighted by atomic mass is 16.4. The maximum Gasteiger partial charge on any atom is 0.306 e. The van der Waals surface area contributed by atoms with Crippen molar-refractivity contribution >= 4 is 5.97 Å². The first kappa shape index (κ1) is 6.55. The third kappa shape index (κ3) is 1.42. The molecule has 0 aliphatic heterocycles. The van der Waals surface area contributed by atoms with Crippen LogP contribution in [0.4, 0.5) is 0 Å². The number of hydrogen-bond donors (Lipinski definition) is 2. The molecule has 2 atom stereocenters. The van der Waals surface area contributed by atoms with Gasteiger partial charge in [-0.3, -0.25) is 4.79 Å². The van der Waals surface area contributed by atoms with Gasteiger partial charge < -0.3 is 10.2 Å². The summed E-state index contributed by atoms with van der Waals surface area (Å²) in [6.07, 6.45) is 1.36. The Hall–Kier alpha value is -0.570. The van der Waals surface area contributed by atoms with E-state index in [0.29, 0.717) is 19.3 Å². The van der Waals surface area contributed by atoms with E-state index in [1.54, 1.807) is 0 Å². The fourth-order valence-corrected chi connectivity index (χ4v) is 1.18. The van der Waals surface area contributed by atoms with Crippen molar-refractivity contribution in [1.82, 2.24) is 0 Å². The standard InChI is InChI=1S/C6H10O3/c7-5-2-1-4(3-5)6(8)9/h4-5,7H,1-3H2,(H,8,9)/t4-,5?/m0/s1. The molecule has 52 valence electrons. The van der Waals surface area contributed by atoms with E-state index in [9.17, 15) is 4.79 Å². The molecule has 0 amide bonds. The molecule has 2 N–H and O–H groups in total. The summed E-state index contributed by atoms with van der Waals surface area (Å²) in [6.45, 7) is 0. The fourth-order valence-electron chi connectivity index (χ4n) is 1.18. The Morgan fingerprint density at radius 1 is 1.44 bits per heavy atom. The van der Waals surface area contributed by atoms with Crippen LogP contribution in [0.25, 0.3) is 0 Å². The fraction of sp³-hybridized carbons (Fsp3) is 0.833.